The fourth-order valence-electron chi connectivity index (χ4n) is 3.63. The first-order chi connectivity index (χ1) is 15.1. The second-order valence-electron chi connectivity index (χ2n) is 7.98. The van der Waals surface area contributed by atoms with Crippen LogP contribution in [0.4, 0.5) is 10.1 Å². The number of ether oxygens (including phenoxy) is 1. The number of aryl methyl sites for hydroxylation is 1. The summed E-state index contributed by atoms with van der Waals surface area (Å²) in [6, 6.07) is 9.55. The average molecular weight is 463 g/mol. The molecule has 172 valence electrons. The highest BCUT2D eigenvalue weighted by Crippen LogP contribution is 2.26. The average Bonchev–Trinajstić information content (AvgIpc) is 2.74. The number of amides is 1. The Hall–Kier alpha value is -2.78. The fraction of sp³-hybridized carbons (Fsp3) is 0.391. The Bertz CT molecular complexity index is 1120. The molecule has 0 spiro atoms. The van der Waals surface area contributed by atoms with E-state index in [0.717, 1.165) is 25.3 Å². The van der Waals surface area contributed by atoms with Gasteiger partial charge in [0.05, 0.1) is 10.5 Å². The summed E-state index contributed by atoms with van der Waals surface area (Å²) in [5.74, 6) is -1.95. The fourth-order valence-corrected chi connectivity index (χ4v) is 5.36. The zero-order chi connectivity index (χ0) is 23.5. The number of benzene rings is 2. The third-order valence-corrected chi connectivity index (χ3v) is 7.53. The Morgan fingerprint density at radius 1 is 1.19 bits per heavy atom. The number of carbonyl (C=O) groups is 2. The summed E-state index contributed by atoms with van der Waals surface area (Å²) in [7, 11) is -3.76. The Kier molecular flexibility index (Phi) is 7.30. The molecule has 0 aliphatic carbocycles. The lowest BCUT2D eigenvalue weighted by Gasteiger charge is -2.32. The van der Waals surface area contributed by atoms with Crippen LogP contribution in [0.15, 0.2) is 47.4 Å². The Labute approximate surface area is 187 Å². The Morgan fingerprint density at radius 2 is 1.94 bits per heavy atom. The molecular weight excluding hydrogens is 435 g/mol. The third-order valence-electron chi connectivity index (χ3n) is 5.52. The van der Waals surface area contributed by atoms with Crippen molar-refractivity contribution in [2.75, 3.05) is 11.9 Å². The van der Waals surface area contributed by atoms with Gasteiger partial charge < -0.3 is 10.1 Å². The van der Waals surface area contributed by atoms with Gasteiger partial charge in [-0.05, 0) is 69.5 Å². The number of esters is 1. The van der Waals surface area contributed by atoms with Gasteiger partial charge in [0, 0.05) is 18.3 Å². The van der Waals surface area contributed by atoms with E-state index in [9.17, 15) is 22.4 Å². The summed E-state index contributed by atoms with van der Waals surface area (Å²) in [6.07, 6.45) is 1.39. The quantitative estimate of drug-likeness (QED) is 0.658. The van der Waals surface area contributed by atoms with Crippen molar-refractivity contribution in [1.82, 2.24) is 4.31 Å². The summed E-state index contributed by atoms with van der Waals surface area (Å²) >= 11 is 0. The normalized spacial score (nSPS) is 18.1. The number of hydrogen-bond donors (Lipinski definition) is 1. The summed E-state index contributed by atoms with van der Waals surface area (Å²) < 4.78 is 46.3. The molecule has 2 aromatic rings. The molecule has 32 heavy (non-hydrogen) atoms. The molecule has 0 saturated carbocycles. The van der Waals surface area contributed by atoms with E-state index in [2.05, 4.69) is 5.32 Å². The lowest BCUT2D eigenvalue weighted by atomic mass is 10.1. The molecule has 3 rings (SSSR count). The van der Waals surface area contributed by atoms with E-state index >= 15 is 0 Å². The van der Waals surface area contributed by atoms with E-state index in [1.165, 1.54) is 41.6 Å². The number of anilines is 1. The van der Waals surface area contributed by atoms with Gasteiger partial charge in [-0.1, -0.05) is 18.6 Å². The largest absolute Gasteiger partial charge is 0.449 e. The zero-order valence-electron chi connectivity index (χ0n) is 18.3. The highest BCUT2D eigenvalue weighted by molar-refractivity contribution is 7.89. The first-order valence-electron chi connectivity index (χ1n) is 10.5. The Morgan fingerprint density at radius 3 is 2.62 bits per heavy atom. The summed E-state index contributed by atoms with van der Waals surface area (Å²) in [6.45, 7) is 5.36. The van der Waals surface area contributed by atoms with Crippen molar-refractivity contribution >= 4 is 27.6 Å². The monoisotopic (exact) mass is 462 g/mol. The molecule has 1 saturated heterocycles. The van der Waals surface area contributed by atoms with Gasteiger partial charge in [-0.25, -0.2) is 17.6 Å². The van der Waals surface area contributed by atoms with Crippen molar-refractivity contribution in [1.29, 1.82) is 0 Å². The molecule has 0 radical (unpaired) electrons. The number of sulfonamides is 1. The SMILES string of the molecule is Cc1ccc(S(=O)(=O)N2CCCCC2C)cc1C(=O)OC(C)C(=O)Nc1cccc(F)c1. The van der Waals surface area contributed by atoms with Crippen LogP contribution in [-0.2, 0) is 19.6 Å². The van der Waals surface area contributed by atoms with Crippen molar-refractivity contribution in [3.05, 3.63) is 59.4 Å². The number of nitrogens with one attached hydrogen (secondary N) is 1. The molecule has 9 heteroatoms. The lowest BCUT2D eigenvalue weighted by molar-refractivity contribution is -0.123. The Balaban J connectivity index is 1.75. The smallest absolute Gasteiger partial charge is 0.339 e. The molecule has 2 atom stereocenters. The maximum Gasteiger partial charge on any atom is 0.339 e. The molecule has 1 amide bonds. The van der Waals surface area contributed by atoms with E-state index in [4.69, 9.17) is 4.74 Å². The predicted octanol–water partition coefficient (Wildman–Crippen LogP) is 3.88. The van der Waals surface area contributed by atoms with Crippen LogP contribution >= 0.6 is 0 Å². The van der Waals surface area contributed by atoms with Crippen molar-refractivity contribution in [3.8, 4) is 0 Å². The van der Waals surface area contributed by atoms with Crippen LogP contribution in [0.1, 0.15) is 49.0 Å². The summed E-state index contributed by atoms with van der Waals surface area (Å²) in [4.78, 5) is 25.1. The highest BCUT2D eigenvalue weighted by atomic mass is 32.2. The number of nitrogens with zero attached hydrogens (tertiary/aromatic N) is 1. The summed E-state index contributed by atoms with van der Waals surface area (Å²) in [5, 5.41) is 2.48. The second kappa shape index (κ2) is 9.79. The maximum absolute atomic E-state index is 13.3. The van der Waals surface area contributed by atoms with Crippen LogP contribution < -0.4 is 5.32 Å². The van der Waals surface area contributed by atoms with Crippen LogP contribution in [0.2, 0.25) is 0 Å². The maximum atomic E-state index is 13.3. The van der Waals surface area contributed by atoms with Crippen molar-refractivity contribution < 1.29 is 27.1 Å². The molecule has 0 aromatic heterocycles. The van der Waals surface area contributed by atoms with Gasteiger partial charge in [-0.3, -0.25) is 4.79 Å². The molecule has 1 fully saturated rings. The molecule has 1 aliphatic rings. The number of halogens is 1. The molecule has 1 heterocycles. The standard InChI is InChI=1S/C23H27FN2O5S/c1-15-10-11-20(32(29,30)26-12-5-4-7-16(26)2)14-21(15)23(28)31-17(3)22(27)25-19-9-6-8-18(24)13-19/h6,8-11,13-14,16-17H,4-5,7,12H2,1-3H3,(H,25,27). The van der Waals surface area contributed by atoms with Crippen molar-refractivity contribution in [3.63, 3.8) is 0 Å². The van der Waals surface area contributed by atoms with Crippen LogP contribution in [0, 0.1) is 12.7 Å². The molecule has 7 nitrogen and oxygen atoms in total. The van der Waals surface area contributed by atoms with Crippen molar-refractivity contribution in [2.24, 2.45) is 0 Å². The van der Waals surface area contributed by atoms with Crippen LogP contribution in [0.5, 0.6) is 0 Å². The predicted molar refractivity (Wildman–Crippen MR) is 118 cm³/mol. The molecule has 1 aliphatic heterocycles. The molecule has 1 N–H and O–H groups in total. The molecule has 2 unspecified atom stereocenters. The number of piperidine rings is 1. The van der Waals surface area contributed by atoms with Gasteiger partial charge in [0.2, 0.25) is 10.0 Å². The van der Waals surface area contributed by atoms with E-state index in [-0.39, 0.29) is 22.2 Å². The van der Waals surface area contributed by atoms with Gasteiger partial charge >= 0.3 is 5.97 Å². The van der Waals surface area contributed by atoms with E-state index in [1.54, 1.807) is 13.0 Å². The van der Waals surface area contributed by atoms with E-state index < -0.39 is 33.8 Å². The highest BCUT2D eigenvalue weighted by Gasteiger charge is 2.32. The topological polar surface area (TPSA) is 92.8 Å². The minimum absolute atomic E-state index is 0.0145. The number of hydrogen-bond acceptors (Lipinski definition) is 5. The van der Waals surface area contributed by atoms with Crippen LogP contribution in [0.25, 0.3) is 0 Å². The number of rotatable bonds is 6. The first kappa shape index (κ1) is 23.9. The minimum Gasteiger partial charge on any atom is -0.449 e. The van der Waals surface area contributed by atoms with Gasteiger partial charge in [0.1, 0.15) is 5.82 Å². The van der Waals surface area contributed by atoms with Crippen LogP contribution in [-0.4, -0.2) is 43.3 Å². The van der Waals surface area contributed by atoms with Gasteiger partial charge in [-0.15, -0.1) is 0 Å². The lowest BCUT2D eigenvalue weighted by Crippen LogP contribution is -2.42. The number of carbonyl (C=O) groups excluding carboxylic acids is 2. The second-order valence-corrected chi connectivity index (χ2v) is 9.87. The van der Waals surface area contributed by atoms with Gasteiger partial charge in [-0.2, -0.15) is 4.31 Å². The van der Waals surface area contributed by atoms with E-state index in [1.807, 2.05) is 6.92 Å². The molecule has 2 aromatic carbocycles. The van der Waals surface area contributed by atoms with E-state index in [0.29, 0.717) is 12.1 Å². The van der Waals surface area contributed by atoms with Crippen LogP contribution in [0.3, 0.4) is 0 Å². The van der Waals surface area contributed by atoms with Crippen molar-refractivity contribution in [2.45, 2.75) is 57.1 Å². The third kappa shape index (κ3) is 5.34. The first-order valence-corrected chi connectivity index (χ1v) is 11.9. The molecule has 0 bridgehead atoms. The zero-order valence-corrected chi connectivity index (χ0v) is 19.1. The van der Waals surface area contributed by atoms with Gasteiger partial charge in [0.15, 0.2) is 6.10 Å². The molecular formula is C23H27FN2O5S. The van der Waals surface area contributed by atoms with Gasteiger partial charge in [0.25, 0.3) is 5.91 Å². The summed E-state index contributed by atoms with van der Waals surface area (Å²) in [5.41, 5.74) is 0.831. The minimum atomic E-state index is -3.76.